The van der Waals surface area contributed by atoms with E-state index in [0.29, 0.717) is 0 Å². The van der Waals surface area contributed by atoms with Gasteiger partial charge in [0.05, 0.1) is 19.8 Å². The lowest BCUT2D eigenvalue weighted by atomic mass is 10.2. The average molecular weight is 519 g/mol. The lowest BCUT2D eigenvalue weighted by Crippen LogP contribution is -2.48. The van der Waals surface area contributed by atoms with Gasteiger partial charge in [-0.2, -0.15) is 0 Å². The molecule has 36 heavy (non-hydrogen) atoms. The van der Waals surface area contributed by atoms with E-state index in [4.69, 9.17) is 9.47 Å². The van der Waals surface area contributed by atoms with Crippen molar-refractivity contribution in [3.63, 3.8) is 0 Å². The predicted molar refractivity (Wildman–Crippen MR) is 162 cm³/mol. The van der Waals surface area contributed by atoms with Gasteiger partial charge in [-0.3, -0.25) is 9.80 Å². The van der Waals surface area contributed by atoms with Gasteiger partial charge >= 0.3 is 0 Å². The maximum atomic E-state index is 5.24. The third-order valence-corrected chi connectivity index (χ3v) is 6.25. The summed E-state index contributed by atoms with van der Waals surface area (Å²) >= 11 is 0. The van der Waals surface area contributed by atoms with Crippen LogP contribution >= 0.6 is 0 Å². The number of rotatable bonds is 9. The van der Waals surface area contributed by atoms with Crippen molar-refractivity contribution in [1.29, 1.82) is 0 Å². The minimum atomic E-state index is 0. The minimum Gasteiger partial charge on any atom is -0.383 e. The topological polar surface area (TPSA) is 31.4 Å². The van der Waals surface area contributed by atoms with Crippen LogP contribution in [-0.4, -0.2) is 125 Å². The van der Waals surface area contributed by atoms with Crippen molar-refractivity contribution < 1.29 is 9.47 Å². The first kappa shape index (κ1) is 40.3. The van der Waals surface area contributed by atoms with Gasteiger partial charge in [0, 0.05) is 72.6 Å². The molecule has 3 rings (SSSR count). The predicted octanol–water partition coefficient (Wildman–Crippen LogP) is 5.53. The molecule has 3 heterocycles. The summed E-state index contributed by atoms with van der Waals surface area (Å²) in [4.78, 5) is 10.1. The molecular weight excluding hydrogens is 448 g/mol. The Morgan fingerprint density at radius 2 is 0.917 bits per heavy atom. The molecule has 0 aromatic carbocycles. The van der Waals surface area contributed by atoms with Crippen LogP contribution in [0.4, 0.5) is 0 Å². The highest BCUT2D eigenvalue weighted by Crippen LogP contribution is 2.09. The summed E-state index contributed by atoms with van der Waals surface area (Å²) in [5.74, 6) is 2.43. The fourth-order valence-electron chi connectivity index (χ4n) is 4.71. The van der Waals surface area contributed by atoms with E-state index >= 15 is 0 Å². The molecule has 0 unspecified atom stereocenters. The Kier molecular flexibility index (Phi) is 28.0. The standard InChI is InChI=1S/C11H24N2O.C8H17NO.C8H17N.3CH4/c1-11(2)10-13-6-4-12(5-7-13)8-9-14-3;1-8(2)7-9-3-5-10-6-4-9;1-8(2)7-9-5-3-4-6-9;;;/h11H,4-10H2,1-3H3;8H,3-7H2,1-2H3;8H,3-7H2,1-2H3;3*1H4. The maximum absolute atomic E-state index is 5.24. The molecule has 0 aromatic rings. The molecule has 6 nitrogen and oxygen atoms in total. The molecule has 3 saturated heterocycles. The zero-order chi connectivity index (χ0) is 24.5. The van der Waals surface area contributed by atoms with E-state index in [9.17, 15) is 0 Å². The summed E-state index contributed by atoms with van der Waals surface area (Å²) in [7, 11) is 1.77. The Morgan fingerprint density at radius 3 is 1.31 bits per heavy atom. The van der Waals surface area contributed by atoms with Gasteiger partial charge in [0.2, 0.25) is 0 Å². The van der Waals surface area contributed by atoms with E-state index in [2.05, 4.69) is 61.1 Å². The molecule has 0 aliphatic carbocycles. The number of morpholine rings is 1. The Morgan fingerprint density at radius 1 is 0.556 bits per heavy atom. The smallest absolute Gasteiger partial charge is 0.0594 e. The molecule has 0 radical (unpaired) electrons. The number of piperazine rings is 1. The molecule has 3 fully saturated rings. The summed E-state index contributed by atoms with van der Waals surface area (Å²) < 4.78 is 10.3. The van der Waals surface area contributed by atoms with E-state index < -0.39 is 0 Å². The summed E-state index contributed by atoms with van der Waals surface area (Å²) in [6, 6.07) is 0. The molecule has 6 heteroatoms. The molecule has 0 atom stereocenters. The first-order chi connectivity index (χ1) is 15.8. The van der Waals surface area contributed by atoms with Crippen molar-refractivity contribution in [3.05, 3.63) is 0 Å². The van der Waals surface area contributed by atoms with Crippen molar-refractivity contribution in [2.75, 3.05) is 105 Å². The van der Waals surface area contributed by atoms with Crippen LogP contribution in [0.2, 0.25) is 0 Å². The molecule has 0 bridgehead atoms. The fourth-order valence-corrected chi connectivity index (χ4v) is 4.71. The first-order valence-corrected chi connectivity index (χ1v) is 13.8. The summed E-state index contributed by atoms with van der Waals surface area (Å²) in [6.07, 6.45) is 2.85. The van der Waals surface area contributed by atoms with Crippen LogP contribution in [0.3, 0.4) is 0 Å². The third-order valence-electron chi connectivity index (χ3n) is 6.25. The van der Waals surface area contributed by atoms with Gasteiger partial charge in [-0.1, -0.05) is 63.8 Å². The van der Waals surface area contributed by atoms with Gasteiger partial charge in [0.15, 0.2) is 0 Å². The molecule has 3 aliphatic rings. The van der Waals surface area contributed by atoms with E-state index in [0.717, 1.165) is 57.2 Å². The van der Waals surface area contributed by atoms with E-state index in [1.165, 1.54) is 71.7 Å². The molecule has 3 aliphatic heterocycles. The Balaban J connectivity index is -0.000000447. The number of ether oxygens (including phenoxy) is 2. The van der Waals surface area contributed by atoms with Gasteiger partial charge in [-0.05, 0) is 43.7 Å². The number of likely N-dealkylation sites (tertiary alicyclic amines) is 1. The van der Waals surface area contributed by atoms with Gasteiger partial charge in [0.25, 0.3) is 0 Å². The van der Waals surface area contributed by atoms with Crippen molar-refractivity contribution in [1.82, 2.24) is 19.6 Å². The van der Waals surface area contributed by atoms with E-state index in [1.54, 1.807) is 7.11 Å². The number of nitrogens with zero attached hydrogens (tertiary/aromatic N) is 4. The molecule has 0 spiro atoms. The first-order valence-electron chi connectivity index (χ1n) is 13.8. The summed E-state index contributed by atoms with van der Waals surface area (Å²) in [5.41, 5.74) is 0. The molecule has 0 aromatic heterocycles. The summed E-state index contributed by atoms with van der Waals surface area (Å²) in [6.45, 7) is 31.1. The highest BCUT2D eigenvalue weighted by molar-refractivity contribution is 4.72. The molecule has 0 saturated carbocycles. The van der Waals surface area contributed by atoms with Crippen LogP contribution in [0.25, 0.3) is 0 Å². The molecular formula is C30H70N4O2. The fraction of sp³-hybridized carbons (Fsp3) is 1.00. The van der Waals surface area contributed by atoms with Gasteiger partial charge in [0.1, 0.15) is 0 Å². The Bertz CT molecular complexity index is 429. The Hall–Kier alpha value is -0.240. The van der Waals surface area contributed by atoms with Crippen LogP contribution in [0.15, 0.2) is 0 Å². The number of hydrogen-bond acceptors (Lipinski definition) is 6. The highest BCUT2D eigenvalue weighted by Gasteiger charge is 2.16. The molecule has 0 N–H and O–H groups in total. The second kappa shape index (κ2) is 25.1. The summed E-state index contributed by atoms with van der Waals surface area (Å²) in [5, 5.41) is 0. The normalized spacial score (nSPS) is 19.5. The Labute approximate surface area is 229 Å². The van der Waals surface area contributed by atoms with Crippen molar-refractivity contribution in [3.8, 4) is 0 Å². The lowest BCUT2D eigenvalue weighted by molar-refractivity contribution is 0.0329. The van der Waals surface area contributed by atoms with Crippen molar-refractivity contribution >= 4 is 0 Å². The highest BCUT2D eigenvalue weighted by atomic mass is 16.5. The van der Waals surface area contributed by atoms with Gasteiger partial charge < -0.3 is 19.3 Å². The van der Waals surface area contributed by atoms with Crippen LogP contribution in [-0.2, 0) is 9.47 Å². The lowest BCUT2D eigenvalue weighted by Gasteiger charge is -2.35. The molecule has 0 amide bonds. The zero-order valence-corrected chi connectivity index (χ0v) is 23.4. The van der Waals surface area contributed by atoms with Crippen LogP contribution in [0.1, 0.15) is 76.7 Å². The molecule has 222 valence electrons. The second-order valence-corrected chi connectivity index (χ2v) is 11.2. The maximum Gasteiger partial charge on any atom is 0.0594 e. The van der Waals surface area contributed by atoms with Crippen molar-refractivity contribution in [2.45, 2.75) is 76.7 Å². The second-order valence-electron chi connectivity index (χ2n) is 11.2. The van der Waals surface area contributed by atoms with Gasteiger partial charge in [-0.25, -0.2) is 0 Å². The largest absolute Gasteiger partial charge is 0.383 e. The number of hydrogen-bond donors (Lipinski definition) is 0. The van der Waals surface area contributed by atoms with E-state index in [1.807, 2.05) is 0 Å². The number of methoxy groups -OCH3 is 1. The van der Waals surface area contributed by atoms with Gasteiger partial charge in [-0.15, -0.1) is 0 Å². The zero-order valence-electron chi connectivity index (χ0n) is 23.4. The van der Waals surface area contributed by atoms with Crippen LogP contribution < -0.4 is 0 Å². The quantitative estimate of drug-likeness (QED) is 0.399. The monoisotopic (exact) mass is 519 g/mol. The van der Waals surface area contributed by atoms with Crippen LogP contribution in [0, 0.1) is 17.8 Å². The SMILES string of the molecule is C.C.C.CC(C)CN1CCCC1.CC(C)CN1CCOCC1.COCCN1CCN(CC(C)C)CC1. The van der Waals surface area contributed by atoms with Crippen molar-refractivity contribution in [2.24, 2.45) is 17.8 Å². The minimum absolute atomic E-state index is 0. The van der Waals surface area contributed by atoms with E-state index in [-0.39, 0.29) is 22.3 Å². The average Bonchev–Trinajstić information content (AvgIpc) is 3.26. The third kappa shape index (κ3) is 21.8. The van der Waals surface area contributed by atoms with Crippen LogP contribution in [0.5, 0.6) is 0 Å².